The second kappa shape index (κ2) is 6.66. The molecular weight excluding hydrogens is 304 g/mol. The molecule has 0 aromatic heterocycles. The summed E-state index contributed by atoms with van der Waals surface area (Å²) in [6.07, 6.45) is 9.75. The predicted molar refractivity (Wildman–Crippen MR) is 90.3 cm³/mol. The van der Waals surface area contributed by atoms with Crippen LogP contribution in [0.25, 0.3) is 0 Å². The molecule has 2 saturated carbocycles. The van der Waals surface area contributed by atoms with Crippen LogP contribution in [-0.4, -0.2) is 49.1 Å². The van der Waals surface area contributed by atoms with Crippen LogP contribution >= 0.6 is 0 Å². The number of piperidine rings is 1. The molecule has 0 radical (unpaired) electrons. The molecular formula is C19H30N2O3. The summed E-state index contributed by atoms with van der Waals surface area (Å²) in [7, 11) is 0. The molecule has 4 aliphatic rings. The zero-order valence-electron chi connectivity index (χ0n) is 14.6. The number of ether oxygens (including phenoxy) is 1. The van der Waals surface area contributed by atoms with Crippen molar-refractivity contribution >= 4 is 11.8 Å². The summed E-state index contributed by atoms with van der Waals surface area (Å²) >= 11 is 0. The Morgan fingerprint density at radius 2 is 1.79 bits per heavy atom. The molecule has 2 atom stereocenters. The van der Waals surface area contributed by atoms with Gasteiger partial charge in [-0.3, -0.25) is 9.59 Å². The van der Waals surface area contributed by atoms with Gasteiger partial charge in [-0.2, -0.15) is 0 Å². The van der Waals surface area contributed by atoms with E-state index in [4.69, 9.17) is 4.74 Å². The first-order chi connectivity index (χ1) is 11.7. The monoisotopic (exact) mass is 334 g/mol. The molecule has 134 valence electrons. The number of rotatable bonds is 3. The van der Waals surface area contributed by atoms with Crippen molar-refractivity contribution in [3.63, 3.8) is 0 Å². The molecule has 2 aliphatic heterocycles. The van der Waals surface area contributed by atoms with Crippen molar-refractivity contribution in [1.82, 2.24) is 10.2 Å². The zero-order valence-corrected chi connectivity index (χ0v) is 14.6. The highest BCUT2D eigenvalue weighted by molar-refractivity contribution is 5.84. The van der Waals surface area contributed by atoms with Crippen molar-refractivity contribution in [3.8, 4) is 0 Å². The van der Waals surface area contributed by atoms with Crippen LogP contribution < -0.4 is 5.32 Å². The van der Waals surface area contributed by atoms with Gasteiger partial charge in [0.05, 0.1) is 6.61 Å². The lowest BCUT2D eigenvalue weighted by atomic mass is 9.92. The van der Waals surface area contributed by atoms with Gasteiger partial charge in [-0.05, 0) is 38.5 Å². The molecule has 1 N–H and O–H groups in total. The fourth-order valence-corrected chi connectivity index (χ4v) is 4.90. The SMILES string of the molecule is O=C(NC1CCCCC1)C1CCN(C(=O)C2CC23CCOC3)CC1. The third-order valence-electron chi connectivity index (χ3n) is 6.75. The third kappa shape index (κ3) is 3.19. The molecule has 5 heteroatoms. The molecule has 4 rings (SSSR count). The second-order valence-electron chi connectivity index (χ2n) is 8.36. The zero-order chi connectivity index (χ0) is 16.6. The van der Waals surface area contributed by atoms with Crippen LogP contribution in [0.2, 0.25) is 0 Å². The highest BCUT2D eigenvalue weighted by Gasteiger charge is 2.60. The van der Waals surface area contributed by atoms with Gasteiger partial charge in [0, 0.05) is 43.0 Å². The molecule has 2 saturated heterocycles. The van der Waals surface area contributed by atoms with Crippen molar-refractivity contribution in [2.45, 2.75) is 63.8 Å². The summed E-state index contributed by atoms with van der Waals surface area (Å²) in [5, 5.41) is 3.25. The topological polar surface area (TPSA) is 58.6 Å². The average molecular weight is 334 g/mol. The second-order valence-corrected chi connectivity index (χ2v) is 8.36. The summed E-state index contributed by atoms with van der Waals surface area (Å²) in [4.78, 5) is 27.1. The van der Waals surface area contributed by atoms with E-state index < -0.39 is 0 Å². The largest absolute Gasteiger partial charge is 0.381 e. The van der Waals surface area contributed by atoms with Gasteiger partial charge in [0.2, 0.25) is 11.8 Å². The molecule has 2 amide bonds. The predicted octanol–water partition coefficient (Wildman–Crippen LogP) is 2.10. The van der Waals surface area contributed by atoms with E-state index in [-0.39, 0.29) is 23.2 Å². The Morgan fingerprint density at radius 1 is 1.04 bits per heavy atom. The van der Waals surface area contributed by atoms with Gasteiger partial charge in [0.25, 0.3) is 0 Å². The molecule has 24 heavy (non-hydrogen) atoms. The van der Waals surface area contributed by atoms with Crippen molar-refractivity contribution in [2.24, 2.45) is 17.3 Å². The smallest absolute Gasteiger partial charge is 0.226 e. The van der Waals surface area contributed by atoms with Gasteiger partial charge in [0.1, 0.15) is 0 Å². The number of carbonyl (C=O) groups excluding carboxylic acids is 2. The van der Waals surface area contributed by atoms with E-state index in [2.05, 4.69) is 5.32 Å². The van der Waals surface area contributed by atoms with Crippen LogP contribution in [0.1, 0.15) is 57.8 Å². The molecule has 0 bridgehead atoms. The molecule has 0 aromatic carbocycles. The summed E-state index contributed by atoms with van der Waals surface area (Å²) < 4.78 is 5.49. The van der Waals surface area contributed by atoms with Crippen LogP contribution in [0.15, 0.2) is 0 Å². The lowest BCUT2D eigenvalue weighted by Crippen LogP contribution is -2.46. The summed E-state index contributed by atoms with van der Waals surface area (Å²) in [6, 6.07) is 0.389. The Morgan fingerprint density at radius 3 is 2.46 bits per heavy atom. The van der Waals surface area contributed by atoms with Crippen LogP contribution in [0, 0.1) is 17.3 Å². The summed E-state index contributed by atoms with van der Waals surface area (Å²) in [6.45, 7) is 3.07. The van der Waals surface area contributed by atoms with E-state index in [0.29, 0.717) is 11.9 Å². The number of carbonyl (C=O) groups is 2. The Balaban J connectivity index is 1.23. The number of amides is 2. The number of hydrogen-bond acceptors (Lipinski definition) is 3. The van der Waals surface area contributed by atoms with Crippen molar-refractivity contribution in [2.75, 3.05) is 26.3 Å². The fraction of sp³-hybridized carbons (Fsp3) is 0.895. The normalized spacial score (nSPS) is 34.5. The first kappa shape index (κ1) is 16.4. The third-order valence-corrected chi connectivity index (χ3v) is 6.75. The van der Waals surface area contributed by atoms with E-state index >= 15 is 0 Å². The molecule has 4 fully saturated rings. The average Bonchev–Trinajstić information content (AvgIpc) is 3.11. The standard InChI is InChI=1S/C19H30N2O3/c22-17(20-15-4-2-1-3-5-15)14-6-9-21(10-7-14)18(23)16-12-19(16)8-11-24-13-19/h14-16H,1-13H2,(H,20,22). The molecule has 2 heterocycles. The minimum absolute atomic E-state index is 0.0963. The van der Waals surface area contributed by atoms with Crippen LogP contribution in [0.3, 0.4) is 0 Å². The van der Waals surface area contributed by atoms with E-state index in [9.17, 15) is 9.59 Å². The van der Waals surface area contributed by atoms with Gasteiger partial charge >= 0.3 is 0 Å². The van der Waals surface area contributed by atoms with E-state index in [1.54, 1.807) is 0 Å². The summed E-state index contributed by atoms with van der Waals surface area (Å²) in [5.74, 6) is 0.819. The number of likely N-dealkylation sites (tertiary alicyclic amines) is 1. The van der Waals surface area contributed by atoms with Gasteiger partial charge in [-0.15, -0.1) is 0 Å². The van der Waals surface area contributed by atoms with Crippen LogP contribution in [-0.2, 0) is 14.3 Å². The minimum atomic E-state index is 0.0963. The highest BCUT2D eigenvalue weighted by atomic mass is 16.5. The lowest BCUT2D eigenvalue weighted by molar-refractivity contribution is -0.137. The Labute approximate surface area is 144 Å². The van der Waals surface area contributed by atoms with Crippen LogP contribution in [0.5, 0.6) is 0 Å². The Kier molecular flexibility index (Phi) is 4.54. The lowest BCUT2D eigenvalue weighted by Gasteiger charge is -2.33. The minimum Gasteiger partial charge on any atom is -0.381 e. The molecule has 2 aliphatic carbocycles. The number of nitrogens with one attached hydrogen (secondary N) is 1. The van der Waals surface area contributed by atoms with Gasteiger partial charge in [0.15, 0.2) is 0 Å². The van der Waals surface area contributed by atoms with Crippen molar-refractivity contribution < 1.29 is 14.3 Å². The number of nitrogens with zero attached hydrogens (tertiary/aromatic N) is 1. The Hall–Kier alpha value is -1.10. The quantitative estimate of drug-likeness (QED) is 0.860. The molecule has 5 nitrogen and oxygen atoms in total. The van der Waals surface area contributed by atoms with Crippen molar-refractivity contribution in [3.05, 3.63) is 0 Å². The van der Waals surface area contributed by atoms with E-state index in [1.807, 2.05) is 4.90 Å². The number of hydrogen-bond donors (Lipinski definition) is 1. The van der Waals surface area contributed by atoms with Gasteiger partial charge in [-0.25, -0.2) is 0 Å². The highest BCUT2D eigenvalue weighted by Crippen LogP contribution is 2.58. The maximum Gasteiger partial charge on any atom is 0.226 e. The van der Waals surface area contributed by atoms with Gasteiger partial charge < -0.3 is 15.0 Å². The summed E-state index contributed by atoms with van der Waals surface area (Å²) in [5.41, 5.74) is 0.173. The van der Waals surface area contributed by atoms with Crippen molar-refractivity contribution in [1.29, 1.82) is 0 Å². The fourth-order valence-electron chi connectivity index (χ4n) is 4.90. The van der Waals surface area contributed by atoms with E-state index in [0.717, 1.165) is 64.8 Å². The Bertz CT molecular complexity index is 487. The first-order valence-electron chi connectivity index (χ1n) is 9.85. The molecule has 0 aromatic rings. The van der Waals surface area contributed by atoms with E-state index in [1.165, 1.54) is 19.3 Å². The maximum atomic E-state index is 12.7. The maximum absolute atomic E-state index is 12.7. The van der Waals surface area contributed by atoms with Gasteiger partial charge in [-0.1, -0.05) is 19.3 Å². The molecule has 2 unspecified atom stereocenters. The van der Waals surface area contributed by atoms with Crippen LogP contribution in [0.4, 0.5) is 0 Å². The first-order valence-corrected chi connectivity index (χ1v) is 9.85. The molecule has 1 spiro atoms.